The van der Waals surface area contributed by atoms with Crippen molar-refractivity contribution >= 4 is 6.09 Å². The van der Waals surface area contributed by atoms with E-state index in [0.29, 0.717) is 12.8 Å². The van der Waals surface area contributed by atoms with Crippen molar-refractivity contribution in [2.75, 3.05) is 13.1 Å². The van der Waals surface area contributed by atoms with Crippen molar-refractivity contribution in [3.8, 4) is 6.07 Å². The number of nitriles is 1. The van der Waals surface area contributed by atoms with E-state index in [0.717, 1.165) is 17.0 Å². The predicted octanol–water partition coefficient (Wildman–Crippen LogP) is 4.29. The highest BCUT2D eigenvalue weighted by Crippen LogP contribution is 2.44. The number of amides is 1. The van der Waals surface area contributed by atoms with Crippen LogP contribution >= 0.6 is 0 Å². The van der Waals surface area contributed by atoms with Crippen LogP contribution in [0, 0.1) is 17.1 Å². The van der Waals surface area contributed by atoms with Crippen molar-refractivity contribution in [3.63, 3.8) is 0 Å². The van der Waals surface area contributed by atoms with Crippen molar-refractivity contribution in [1.82, 2.24) is 10.2 Å². The van der Waals surface area contributed by atoms with Crippen molar-refractivity contribution < 1.29 is 27.1 Å². The maximum absolute atomic E-state index is 14.5. The van der Waals surface area contributed by atoms with E-state index in [9.17, 15) is 22.4 Å². The van der Waals surface area contributed by atoms with E-state index in [-0.39, 0.29) is 19.1 Å². The second-order valence-electron chi connectivity index (χ2n) is 7.66. The molecular weight excluding hydrogens is 378 g/mol. The smallest absolute Gasteiger partial charge is 0.408 e. The summed E-state index contributed by atoms with van der Waals surface area (Å²) in [5, 5.41) is 11.4. The Morgan fingerprint density at radius 3 is 2.50 bits per heavy atom. The monoisotopic (exact) mass is 401 g/mol. The number of carbonyl (C=O) groups is 1. The molecule has 154 valence electrons. The summed E-state index contributed by atoms with van der Waals surface area (Å²) in [5.74, 6) is -1.17. The Morgan fingerprint density at radius 1 is 1.36 bits per heavy atom. The van der Waals surface area contributed by atoms with E-state index in [1.165, 1.54) is 6.07 Å². The van der Waals surface area contributed by atoms with Gasteiger partial charge in [-0.05, 0) is 39.7 Å². The van der Waals surface area contributed by atoms with Crippen LogP contribution in [0.5, 0.6) is 0 Å². The van der Waals surface area contributed by atoms with Gasteiger partial charge >= 0.3 is 12.3 Å². The van der Waals surface area contributed by atoms with Gasteiger partial charge in [-0.2, -0.15) is 18.4 Å². The molecule has 1 saturated carbocycles. The van der Waals surface area contributed by atoms with Crippen LogP contribution in [-0.4, -0.2) is 41.9 Å². The number of nitrogens with zero attached hydrogens (tertiary/aromatic N) is 2. The van der Waals surface area contributed by atoms with Crippen LogP contribution in [-0.2, 0) is 4.74 Å². The summed E-state index contributed by atoms with van der Waals surface area (Å²) in [4.78, 5) is 12.9. The van der Waals surface area contributed by atoms with Gasteiger partial charge < -0.3 is 10.1 Å². The van der Waals surface area contributed by atoms with Crippen molar-refractivity contribution in [2.24, 2.45) is 0 Å². The first-order chi connectivity index (χ1) is 12.9. The Balaban J connectivity index is 2.21. The number of ether oxygens (including phenoxy) is 1. The molecule has 1 fully saturated rings. The van der Waals surface area contributed by atoms with Gasteiger partial charge in [-0.3, -0.25) is 4.90 Å². The Bertz CT molecular complexity index is 749. The average Bonchev–Trinajstić information content (AvgIpc) is 3.37. The molecule has 1 atom stereocenters. The highest BCUT2D eigenvalue weighted by Gasteiger charge is 2.50. The summed E-state index contributed by atoms with van der Waals surface area (Å²) >= 11 is 0. The predicted molar refractivity (Wildman–Crippen MR) is 93.9 cm³/mol. The number of benzene rings is 1. The Kier molecular flexibility index (Phi) is 6.55. The first kappa shape index (κ1) is 22.0. The van der Waals surface area contributed by atoms with Crippen molar-refractivity contribution in [1.29, 1.82) is 5.26 Å². The zero-order chi connectivity index (χ0) is 21.1. The second kappa shape index (κ2) is 8.35. The molecule has 9 heteroatoms. The minimum absolute atomic E-state index is 0.0858. The first-order valence-corrected chi connectivity index (χ1v) is 8.92. The highest BCUT2D eigenvalue weighted by molar-refractivity contribution is 5.67. The number of carbonyl (C=O) groups excluding carboxylic acids is 1. The number of nitrogens with one attached hydrogen (secondary N) is 1. The van der Waals surface area contributed by atoms with Gasteiger partial charge in [-0.25, -0.2) is 9.18 Å². The molecule has 1 unspecified atom stereocenters. The fourth-order valence-electron chi connectivity index (χ4n) is 2.92. The Morgan fingerprint density at radius 2 is 2.00 bits per heavy atom. The number of hydrogen-bond donors (Lipinski definition) is 1. The van der Waals surface area contributed by atoms with E-state index < -0.39 is 40.9 Å². The third kappa shape index (κ3) is 5.83. The third-order valence-corrected chi connectivity index (χ3v) is 4.14. The SMILES string of the molecule is CC(C)(C)OC(=O)NCCN(C1CC1)C(c1cccc(C#N)c1F)C(F)(F)F. The molecule has 0 saturated heterocycles. The standard InChI is InChI=1S/C19H23F4N3O2/c1-18(2,3)28-17(27)25-9-10-26(13-7-8-13)16(19(21,22)23)14-6-4-5-12(11-24)15(14)20/h4-6,13,16H,7-10H2,1-3H3,(H,25,27). The van der Waals surface area contributed by atoms with Gasteiger partial charge in [-0.15, -0.1) is 0 Å². The molecular formula is C19H23F4N3O2. The lowest BCUT2D eigenvalue weighted by atomic mass is 10.0. The van der Waals surface area contributed by atoms with Crippen LogP contribution in [0.15, 0.2) is 18.2 Å². The van der Waals surface area contributed by atoms with E-state index >= 15 is 0 Å². The summed E-state index contributed by atoms with van der Waals surface area (Å²) in [6, 6.07) is 2.43. The molecule has 0 bridgehead atoms. The van der Waals surface area contributed by atoms with Crippen LogP contribution in [0.1, 0.15) is 50.8 Å². The van der Waals surface area contributed by atoms with Gasteiger partial charge in [0, 0.05) is 24.7 Å². The largest absolute Gasteiger partial charge is 0.444 e. The summed E-state index contributed by atoms with van der Waals surface area (Å²) in [6.07, 6.45) is -4.37. The molecule has 1 N–H and O–H groups in total. The van der Waals surface area contributed by atoms with Gasteiger partial charge in [0.1, 0.15) is 23.5 Å². The number of halogens is 4. The molecule has 0 radical (unpaired) electrons. The summed E-state index contributed by atoms with van der Waals surface area (Å²) in [7, 11) is 0. The van der Waals surface area contributed by atoms with Crippen molar-refractivity contribution in [3.05, 3.63) is 35.1 Å². The molecule has 1 aromatic rings. The third-order valence-electron chi connectivity index (χ3n) is 4.14. The van der Waals surface area contributed by atoms with Gasteiger partial charge in [0.05, 0.1) is 5.56 Å². The molecule has 5 nitrogen and oxygen atoms in total. The zero-order valence-electron chi connectivity index (χ0n) is 15.9. The van der Waals surface area contributed by atoms with E-state index in [1.54, 1.807) is 26.8 Å². The van der Waals surface area contributed by atoms with E-state index in [4.69, 9.17) is 10.00 Å². The van der Waals surface area contributed by atoms with Gasteiger partial charge in [0.2, 0.25) is 0 Å². The number of hydrogen-bond acceptors (Lipinski definition) is 4. The lowest BCUT2D eigenvalue weighted by molar-refractivity contribution is -0.188. The number of rotatable bonds is 6. The van der Waals surface area contributed by atoms with Crippen LogP contribution in [0.25, 0.3) is 0 Å². The Labute approximate surface area is 161 Å². The molecule has 0 aromatic heterocycles. The average molecular weight is 401 g/mol. The molecule has 28 heavy (non-hydrogen) atoms. The lowest BCUT2D eigenvalue weighted by Gasteiger charge is -2.34. The van der Waals surface area contributed by atoms with Crippen LogP contribution in [0.4, 0.5) is 22.4 Å². The van der Waals surface area contributed by atoms with Crippen LogP contribution < -0.4 is 5.32 Å². The summed E-state index contributed by atoms with van der Waals surface area (Å²) in [6.45, 7) is 4.80. The van der Waals surface area contributed by atoms with Gasteiger partial charge in [-0.1, -0.05) is 12.1 Å². The van der Waals surface area contributed by atoms with Crippen LogP contribution in [0.2, 0.25) is 0 Å². The highest BCUT2D eigenvalue weighted by atomic mass is 19.4. The van der Waals surface area contributed by atoms with Gasteiger partial charge in [0.25, 0.3) is 0 Å². The number of alkyl halides is 3. The maximum Gasteiger partial charge on any atom is 0.408 e. The topological polar surface area (TPSA) is 65.4 Å². The molecule has 1 aromatic carbocycles. The minimum atomic E-state index is -4.75. The first-order valence-electron chi connectivity index (χ1n) is 8.92. The maximum atomic E-state index is 14.5. The minimum Gasteiger partial charge on any atom is -0.444 e. The fourth-order valence-corrected chi connectivity index (χ4v) is 2.92. The normalized spacial score (nSPS) is 15.8. The molecule has 1 aliphatic rings. The Hall–Kier alpha value is -2.34. The molecule has 1 aliphatic carbocycles. The van der Waals surface area contributed by atoms with Crippen LogP contribution in [0.3, 0.4) is 0 Å². The lowest BCUT2D eigenvalue weighted by Crippen LogP contribution is -2.45. The zero-order valence-corrected chi connectivity index (χ0v) is 15.9. The number of alkyl carbamates (subject to hydrolysis) is 1. The molecule has 2 rings (SSSR count). The molecule has 0 spiro atoms. The molecule has 1 amide bonds. The molecule has 0 aliphatic heterocycles. The summed E-state index contributed by atoms with van der Waals surface area (Å²) in [5.41, 5.74) is -1.75. The van der Waals surface area contributed by atoms with Gasteiger partial charge in [0.15, 0.2) is 0 Å². The van der Waals surface area contributed by atoms with E-state index in [1.807, 2.05) is 0 Å². The fraction of sp³-hybridized carbons (Fsp3) is 0.579. The molecule has 0 heterocycles. The summed E-state index contributed by atoms with van der Waals surface area (Å²) < 4.78 is 61.2. The second-order valence-corrected chi connectivity index (χ2v) is 7.66. The quantitative estimate of drug-likeness (QED) is 0.723. The van der Waals surface area contributed by atoms with E-state index in [2.05, 4.69) is 5.32 Å². The van der Waals surface area contributed by atoms with Crippen molar-refractivity contribution in [2.45, 2.75) is 57.5 Å².